The molecule has 11 heavy (non-hydrogen) atoms. The van der Waals surface area contributed by atoms with Gasteiger partial charge >= 0.3 is 0 Å². The summed E-state index contributed by atoms with van der Waals surface area (Å²) in [6.07, 6.45) is 11.5. The molecule has 0 amide bonds. The van der Waals surface area contributed by atoms with Crippen molar-refractivity contribution in [1.82, 2.24) is 0 Å². The number of hydrogen-bond donors (Lipinski definition) is 0. The molecule has 1 aliphatic rings. The molecule has 0 unspecified atom stereocenters. The highest BCUT2D eigenvalue weighted by molar-refractivity contribution is 5.50. The molecule has 0 radical (unpaired) electrons. The molecular weight excluding hydrogens is 132 g/mol. The molecule has 1 rings (SSSR count). The summed E-state index contributed by atoms with van der Waals surface area (Å²) in [5.74, 6) is 8.50. The first kappa shape index (κ1) is 7.70. The van der Waals surface area contributed by atoms with Crippen LogP contribution in [-0.4, -0.2) is 0 Å². The van der Waals surface area contributed by atoms with E-state index in [1.165, 1.54) is 0 Å². The highest BCUT2D eigenvalue weighted by Crippen LogP contribution is 2.16. The molecule has 1 aliphatic carbocycles. The van der Waals surface area contributed by atoms with E-state index in [0.717, 1.165) is 24.0 Å². The van der Waals surface area contributed by atoms with Crippen LogP contribution < -0.4 is 0 Å². The van der Waals surface area contributed by atoms with Gasteiger partial charge in [-0.1, -0.05) is 17.9 Å². The summed E-state index contributed by atoms with van der Waals surface area (Å²) in [6, 6.07) is 0. The molecule has 0 heterocycles. The van der Waals surface area contributed by atoms with E-state index in [9.17, 15) is 0 Å². The fourth-order valence-electron chi connectivity index (χ4n) is 1.07. The Labute approximate surface area is 68.0 Å². The Hall–Kier alpha value is -1.40. The van der Waals surface area contributed by atoms with E-state index >= 15 is 0 Å². The molecule has 0 nitrogen and oxygen atoms in total. The second-order valence-corrected chi connectivity index (χ2v) is 2.35. The molecule has 0 spiro atoms. The Morgan fingerprint density at radius 2 is 2.36 bits per heavy atom. The van der Waals surface area contributed by atoms with Gasteiger partial charge in [-0.05, 0) is 25.8 Å². The first-order chi connectivity index (χ1) is 5.38. The number of allylic oxidation sites excluding steroid dienone is 4. The van der Waals surface area contributed by atoms with Crippen molar-refractivity contribution in [2.24, 2.45) is 0 Å². The highest BCUT2D eigenvalue weighted by Gasteiger charge is 2.02. The summed E-state index contributed by atoms with van der Waals surface area (Å²) in [6.45, 7) is 1.82. The predicted octanol–water partition coefficient (Wildman–Crippen LogP) is 2.29. The van der Waals surface area contributed by atoms with Gasteiger partial charge in [0.15, 0.2) is 0 Å². The maximum absolute atomic E-state index is 5.31. The molecule has 0 aliphatic heterocycles. The quantitative estimate of drug-likeness (QED) is 0.455. The van der Waals surface area contributed by atoms with Gasteiger partial charge in [0.1, 0.15) is 0 Å². The van der Waals surface area contributed by atoms with Gasteiger partial charge in [-0.3, -0.25) is 0 Å². The topological polar surface area (TPSA) is 0 Å². The summed E-state index contributed by atoms with van der Waals surface area (Å²) < 4.78 is 0. The van der Waals surface area contributed by atoms with Gasteiger partial charge in [-0.25, -0.2) is 0 Å². The van der Waals surface area contributed by atoms with Crippen molar-refractivity contribution in [3.05, 3.63) is 23.3 Å². The van der Waals surface area contributed by atoms with Gasteiger partial charge in [-0.2, -0.15) is 0 Å². The molecular formula is C11H10. The van der Waals surface area contributed by atoms with Gasteiger partial charge in [0, 0.05) is 11.1 Å². The summed E-state index contributed by atoms with van der Waals surface area (Å²) in [4.78, 5) is 0. The lowest BCUT2D eigenvalue weighted by molar-refractivity contribution is 0.990. The first-order valence-corrected chi connectivity index (χ1v) is 3.67. The van der Waals surface area contributed by atoms with Crippen molar-refractivity contribution >= 4 is 0 Å². The lowest BCUT2D eigenvalue weighted by atomic mass is 9.99. The molecule has 0 atom stereocenters. The fourth-order valence-corrected chi connectivity index (χ4v) is 1.07. The minimum atomic E-state index is 0.969. The van der Waals surface area contributed by atoms with Crippen LogP contribution in [0, 0.1) is 24.2 Å². The summed E-state index contributed by atoms with van der Waals surface area (Å²) >= 11 is 0. The third kappa shape index (κ3) is 1.76. The zero-order chi connectivity index (χ0) is 8.10. The first-order valence-electron chi connectivity index (χ1n) is 3.67. The molecule has 0 fully saturated rings. The Balaban J connectivity index is 3.00. The van der Waals surface area contributed by atoms with E-state index in [4.69, 9.17) is 6.42 Å². The number of terminal acetylenes is 1. The Bertz CT molecular complexity index is 297. The minimum absolute atomic E-state index is 0.969. The average Bonchev–Trinajstić information content (AvgIpc) is 2.06. The zero-order valence-electron chi connectivity index (χ0n) is 6.65. The van der Waals surface area contributed by atoms with Gasteiger partial charge < -0.3 is 0 Å². The Kier molecular flexibility index (Phi) is 2.59. The van der Waals surface area contributed by atoms with Gasteiger partial charge in [0.05, 0.1) is 0 Å². The van der Waals surface area contributed by atoms with E-state index in [1.807, 2.05) is 13.0 Å². The largest absolute Gasteiger partial charge is 0.115 e. The second kappa shape index (κ2) is 3.69. The summed E-state index contributed by atoms with van der Waals surface area (Å²) in [5, 5.41) is 0. The molecule has 0 heteroatoms. The van der Waals surface area contributed by atoms with Crippen LogP contribution in [0.15, 0.2) is 23.3 Å². The Morgan fingerprint density at radius 1 is 1.55 bits per heavy atom. The molecule has 0 saturated heterocycles. The summed E-state index contributed by atoms with van der Waals surface area (Å²) in [5.41, 5.74) is 2.06. The average molecular weight is 142 g/mol. The standard InChI is InChI=1S/C11H10/c1-3-7-11-9-6-5-8-10(11)4-2/h2,6,9H,5,8H2,1H3. The molecule has 0 saturated carbocycles. The zero-order valence-corrected chi connectivity index (χ0v) is 6.65. The van der Waals surface area contributed by atoms with Gasteiger partial charge in [0.2, 0.25) is 0 Å². The van der Waals surface area contributed by atoms with E-state index in [2.05, 4.69) is 23.8 Å². The van der Waals surface area contributed by atoms with Crippen LogP contribution in [0.2, 0.25) is 0 Å². The van der Waals surface area contributed by atoms with Crippen LogP contribution in [0.25, 0.3) is 0 Å². The molecule has 0 bridgehead atoms. The fraction of sp³-hybridized carbons (Fsp3) is 0.273. The van der Waals surface area contributed by atoms with Crippen LogP contribution >= 0.6 is 0 Å². The van der Waals surface area contributed by atoms with E-state index in [-0.39, 0.29) is 0 Å². The third-order valence-corrected chi connectivity index (χ3v) is 1.60. The van der Waals surface area contributed by atoms with Crippen LogP contribution in [-0.2, 0) is 0 Å². The molecule has 0 N–H and O–H groups in total. The lowest BCUT2D eigenvalue weighted by Crippen LogP contribution is -1.90. The molecule has 0 aromatic heterocycles. The minimum Gasteiger partial charge on any atom is -0.115 e. The van der Waals surface area contributed by atoms with E-state index in [0.29, 0.717) is 0 Å². The lowest BCUT2D eigenvalue weighted by Gasteiger charge is -2.04. The third-order valence-electron chi connectivity index (χ3n) is 1.60. The van der Waals surface area contributed by atoms with Gasteiger partial charge in [-0.15, -0.1) is 12.3 Å². The highest BCUT2D eigenvalue weighted by atomic mass is 14.0. The van der Waals surface area contributed by atoms with Crippen LogP contribution in [0.5, 0.6) is 0 Å². The second-order valence-electron chi connectivity index (χ2n) is 2.35. The van der Waals surface area contributed by atoms with Crippen LogP contribution in [0.4, 0.5) is 0 Å². The van der Waals surface area contributed by atoms with E-state index in [1.54, 1.807) is 0 Å². The normalized spacial score (nSPS) is 15.3. The Morgan fingerprint density at radius 3 is 3.00 bits per heavy atom. The van der Waals surface area contributed by atoms with Crippen LogP contribution in [0.1, 0.15) is 19.8 Å². The maximum Gasteiger partial charge on any atom is 0.0357 e. The van der Waals surface area contributed by atoms with Crippen molar-refractivity contribution in [3.8, 4) is 24.2 Å². The van der Waals surface area contributed by atoms with Crippen molar-refractivity contribution in [2.45, 2.75) is 19.8 Å². The molecule has 0 aromatic rings. The predicted molar refractivity (Wildman–Crippen MR) is 47.7 cm³/mol. The van der Waals surface area contributed by atoms with Crippen molar-refractivity contribution in [3.63, 3.8) is 0 Å². The SMILES string of the molecule is C#CC1=C(C#CC)C=CCC1. The monoisotopic (exact) mass is 142 g/mol. The van der Waals surface area contributed by atoms with Crippen molar-refractivity contribution in [2.75, 3.05) is 0 Å². The number of rotatable bonds is 0. The van der Waals surface area contributed by atoms with Crippen molar-refractivity contribution < 1.29 is 0 Å². The summed E-state index contributed by atoms with van der Waals surface area (Å²) in [7, 11) is 0. The molecule has 54 valence electrons. The number of hydrogen-bond acceptors (Lipinski definition) is 0. The smallest absolute Gasteiger partial charge is 0.0357 e. The van der Waals surface area contributed by atoms with E-state index < -0.39 is 0 Å². The molecule has 0 aromatic carbocycles. The van der Waals surface area contributed by atoms with Crippen molar-refractivity contribution in [1.29, 1.82) is 0 Å². The van der Waals surface area contributed by atoms with Crippen LogP contribution in [0.3, 0.4) is 0 Å². The maximum atomic E-state index is 5.31. The van der Waals surface area contributed by atoms with Gasteiger partial charge in [0.25, 0.3) is 0 Å².